The number of aliphatic hydroxyl groups is 1. The monoisotopic (exact) mass is 364 g/mol. The van der Waals surface area contributed by atoms with Crippen LogP contribution in [0.2, 0.25) is 0 Å². The maximum absolute atomic E-state index is 12.6. The number of amides is 2. The van der Waals surface area contributed by atoms with Gasteiger partial charge in [0.05, 0.1) is 38.0 Å². The molecule has 0 aromatic heterocycles. The molecule has 144 valence electrons. The number of rotatable bonds is 4. The van der Waals surface area contributed by atoms with E-state index in [-0.39, 0.29) is 6.03 Å². The van der Waals surface area contributed by atoms with Gasteiger partial charge in [0, 0.05) is 19.7 Å². The number of ether oxygens (including phenoxy) is 3. The first-order valence-corrected chi connectivity index (χ1v) is 9.14. The zero-order valence-electron chi connectivity index (χ0n) is 15.5. The third kappa shape index (κ3) is 3.73. The summed E-state index contributed by atoms with van der Waals surface area (Å²) in [6.45, 7) is 2.17. The van der Waals surface area contributed by atoms with Crippen molar-refractivity contribution in [2.24, 2.45) is 0 Å². The number of likely N-dealkylation sites (tertiary alicyclic amines) is 1. The minimum Gasteiger partial charge on any atom is -0.496 e. The Kier molecular flexibility index (Phi) is 5.88. The van der Waals surface area contributed by atoms with Crippen LogP contribution in [0.3, 0.4) is 0 Å². The zero-order chi connectivity index (χ0) is 18.6. The van der Waals surface area contributed by atoms with E-state index in [1.54, 1.807) is 19.1 Å². The summed E-state index contributed by atoms with van der Waals surface area (Å²) in [6.07, 6.45) is 2.58. The number of aliphatic hydroxyl groups excluding tert-OH is 1. The summed E-state index contributed by atoms with van der Waals surface area (Å²) in [4.78, 5) is 14.3. The molecular formula is C19H28N2O5. The molecule has 1 aromatic carbocycles. The molecule has 2 fully saturated rings. The SMILES string of the molecule is COc1cccc(OC)c1CNC(=O)N1CCC2(CC1)OCCC[C@@H]2O. The molecule has 0 unspecified atom stereocenters. The van der Waals surface area contributed by atoms with Crippen LogP contribution in [0.5, 0.6) is 11.5 Å². The molecule has 7 nitrogen and oxygen atoms in total. The molecule has 2 heterocycles. The Morgan fingerprint density at radius 3 is 2.54 bits per heavy atom. The normalized spacial score (nSPS) is 22.1. The molecule has 1 aromatic rings. The van der Waals surface area contributed by atoms with Crippen LogP contribution in [0.25, 0.3) is 0 Å². The second-order valence-corrected chi connectivity index (χ2v) is 6.86. The first kappa shape index (κ1) is 18.8. The molecule has 0 bridgehead atoms. The van der Waals surface area contributed by atoms with E-state index in [2.05, 4.69) is 5.32 Å². The lowest BCUT2D eigenvalue weighted by atomic mass is 9.82. The molecule has 26 heavy (non-hydrogen) atoms. The van der Waals surface area contributed by atoms with E-state index < -0.39 is 11.7 Å². The van der Waals surface area contributed by atoms with Crippen LogP contribution in [-0.4, -0.2) is 61.7 Å². The molecule has 7 heteroatoms. The highest BCUT2D eigenvalue weighted by Gasteiger charge is 2.44. The van der Waals surface area contributed by atoms with Crippen LogP contribution in [0.4, 0.5) is 4.79 Å². The third-order valence-corrected chi connectivity index (χ3v) is 5.46. The maximum atomic E-state index is 12.6. The number of nitrogens with zero attached hydrogens (tertiary/aromatic N) is 1. The number of nitrogens with one attached hydrogen (secondary N) is 1. The van der Waals surface area contributed by atoms with Crippen molar-refractivity contribution in [1.29, 1.82) is 0 Å². The van der Waals surface area contributed by atoms with Gasteiger partial charge in [-0.2, -0.15) is 0 Å². The molecule has 2 aliphatic heterocycles. The lowest BCUT2D eigenvalue weighted by Crippen LogP contribution is -2.57. The van der Waals surface area contributed by atoms with Gasteiger partial charge in [-0.05, 0) is 37.8 Å². The quantitative estimate of drug-likeness (QED) is 0.853. The van der Waals surface area contributed by atoms with Gasteiger partial charge in [-0.3, -0.25) is 0 Å². The fourth-order valence-corrected chi connectivity index (χ4v) is 3.86. The van der Waals surface area contributed by atoms with Gasteiger partial charge in [-0.1, -0.05) is 6.07 Å². The predicted octanol–water partition coefficient (Wildman–Crippen LogP) is 1.92. The van der Waals surface area contributed by atoms with Gasteiger partial charge in [0.15, 0.2) is 0 Å². The number of carbonyl (C=O) groups excluding carboxylic acids is 1. The van der Waals surface area contributed by atoms with Crippen molar-refractivity contribution in [3.63, 3.8) is 0 Å². The summed E-state index contributed by atoms with van der Waals surface area (Å²) >= 11 is 0. The largest absolute Gasteiger partial charge is 0.496 e. The number of piperidine rings is 1. The van der Waals surface area contributed by atoms with E-state index in [1.165, 1.54) is 0 Å². The molecule has 1 spiro atoms. The third-order valence-electron chi connectivity index (χ3n) is 5.46. The van der Waals surface area contributed by atoms with Crippen molar-refractivity contribution in [3.05, 3.63) is 23.8 Å². The number of carbonyl (C=O) groups is 1. The lowest BCUT2D eigenvalue weighted by Gasteiger charge is -2.46. The first-order valence-electron chi connectivity index (χ1n) is 9.14. The lowest BCUT2D eigenvalue weighted by molar-refractivity contribution is -0.173. The summed E-state index contributed by atoms with van der Waals surface area (Å²) in [5.74, 6) is 1.36. The second kappa shape index (κ2) is 8.14. The molecule has 2 aliphatic rings. The molecule has 2 amide bonds. The molecule has 2 N–H and O–H groups in total. The molecule has 0 aliphatic carbocycles. The minimum absolute atomic E-state index is 0.127. The highest BCUT2D eigenvalue weighted by molar-refractivity contribution is 5.74. The number of hydrogen-bond donors (Lipinski definition) is 2. The average molecular weight is 364 g/mol. The molecule has 2 saturated heterocycles. The van der Waals surface area contributed by atoms with E-state index in [4.69, 9.17) is 14.2 Å². The smallest absolute Gasteiger partial charge is 0.317 e. The van der Waals surface area contributed by atoms with Gasteiger partial charge in [-0.25, -0.2) is 4.79 Å². The van der Waals surface area contributed by atoms with Crippen molar-refractivity contribution in [2.75, 3.05) is 33.9 Å². The average Bonchev–Trinajstić information content (AvgIpc) is 2.68. The minimum atomic E-state index is -0.471. The zero-order valence-corrected chi connectivity index (χ0v) is 15.5. The molecular weight excluding hydrogens is 336 g/mol. The highest BCUT2D eigenvalue weighted by Crippen LogP contribution is 2.35. The van der Waals surface area contributed by atoms with E-state index in [0.717, 1.165) is 18.4 Å². The van der Waals surface area contributed by atoms with Crippen LogP contribution in [0, 0.1) is 0 Å². The Morgan fingerprint density at radius 1 is 1.31 bits per heavy atom. The number of methoxy groups -OCH3 is 2. The molecule has 0 saturated carbocycles. The summed E-state index contributed by atoms with van der Waals surface area (Å²) in [7, 11) is 3.19. The van der Waals surface area contributed by atoms with Crippen LogP contribution in [0.1, 0.15) is 31.2 Å². The predicted molar refractivity (Wildman–Crippen MR) is 96.5 cm³/mol. The fraction of sp³-hybridized carbons (Fsp3) is 0.632. The van der Waals surface area contributed by atoms with Crippen molar-refractivity contribution < 1.29 is 24.1 Å². The topological polar surface area (TPSA) is 80.3 Å². The van der Waals surface area contributed by atoms with Gasteiger partial charge in [0.1, 0.15) is 11.5 Å². The van der Waals surface area contributed by atoms with E-state index in [0.29, 0.717) is 50.6 Å². The van der Waals surface area contributed by atoms with Crippen molar-refractivity contribution in [3.8, 4) is 11.5 Å². The van der Waals surface area contributed by atoms with E-state index in [1.807, 2.05) is 18.2 Å². The first-order chi connectivity index (χ1) is 12.6. The summed E-state index contributed by atoms with van der Waals surface area (Å²) < 4.78 is 16.6. The molecule has 3 rings (SSSR count). The molecule has 0 radical (unpaired) electrons. The fourth-order valence-electron chi connectivity index (χ4n) is 3.86. The van der Waals surface area contributed by atoms with E-state index in [9.17, 15) is 9.90 Å². The maximum Gasteiger partial charge on any atom is 0.317 e. The molecule has 1 atom stereocenters. The van der Waals surface area contributed by atoms with Gasteiger partial charge >= 0.3 is 6.03 Å². The van der Waals surface area contributed by atoms with Crippen LogP contribution in [0.15, 0.2) is 18.2 Å². The standard InChI is InChI=1S/C19H28N2O5/c1-24-15-5-3-6-16(25-2)14(15)13-20-18(23)21-10-8-19(9-11-21)17(22)7-4-12-26-19/h3,5-6,17,22H,4,7-13H2,1-2H3,(H,20,23)/t17-/m0/s1. The van der Waals surface area contributed by atoms with Gasteiger partial charge in [0.25, 0.3) is 0 Å². The number of urea groups is 1. The second-order valence-electron chi connectivity index (χ2n) is 6.86. The Bertz CT molecular complexity index is 606. The Hall–Kier alpha value is -1.99. The van der Waals surface area contributed by atoms with Crippen molar-refractivity contribution in [1.82, 2.24) is 10.2 Å². The van der Waals surface area contributed by atoms with Crippen molar-refractivity contribution >= 4 is 6.03 Å². The van der Waals surface area contributed by atoms with Gasteiger partial charge in [-0.15, -0.1) is 0 Å². The Labute approximate surface area is 154 Å². The van der Waals surface area contributed by atoms with Crippen LogP contribution < -0.4 is 14.8 Å². The number of benzene rings is 1. The van der Waals surface area contributed by atoms with Gasteiger partial charge in [0.2, 0.25) is 0 Å². The summed E-state index contributed by atoms with van der Waals surface area (Å²) in [5.41, 5.74) is 0.339. The summed E-state index contributed by atoms with van der Waals surface area (Å²) in [6, 6.07) is 5.41. The summed E-state index contributed by atoms with van der Waals surface area (Å²) in [5, 5.41) is 13.2. The highest BCUT2D eigenvalue weighted by atomic mass is 16.5. The van der Waals surface area contributed by atoms with Crippen LogP contribution in [-0.2, 0) is 11.3 Å². The Balaban J connectivity index is 1.57. The van der Waals surface area contributed by atoms with Crippen LogP contribution >= 0.6 is 0 Å². The van der Waals surface area contributed by atoms with E-state index >= 15 is 0 Å². The Morgan fingerprint density at radius 2 is 1.96 bits per heavy atom. The number of hydrogen-bond acceptors (Lipinski definition) is 5. The van der Waals surface area contributed by atoms with Gasteiger partial charge < -0.3 is 29.5 Å². The van der Waals surface area contributed by atoms with Crippen molar-refractivity contribution in [2.45, 2.75) is 43.9 Å².